The Morgan fingerprint density at radius 3 is 2.39 bits per heavy atom. The van der Waals surface area contributed by atoms with Crippen LogP contribution in [0.2, 0.25) is 5.02 Å². The van der Waals surface area contributed by atoms with Crippen molar-refractivity contribution in [3.63, 3.8) is 0 Å². The molecule has 166 valence electrons. The van der Waals surface area contributed by atoms with Crippen molar-refractivity contribution < 1.29 is 13.6 Å². The van der Waals surface area contributed by atoms with E-state index in [0.29, 0.717) is 35.1 Å². The summed E-state index contributed by atoms with van der Waals surface area (Å²) in [6.45, 7) is 2.93. The van der Waals surface area contributed by atoms with E-state index < -0.39 is 11.6 Å². The molecule has 6 heteroatoms. The van der Waals surface area contributed by atoms with Gasteiger partial charge in [0, 0.05) is 29.9 Å². The Labute approximate surface area is 195 Å². The van der Waals surface area contributed by atoms with Crippen molar-refractivity contribution in [3.8, 4) is 16.9 Å². The largest absolute Gasteiger partial charge is 0.334 e. The Morgan fingerprint density at radius 1 is 0.939 bits per heavy atom. The van der Waals surface area contributed by atoms with Gasteiger partial charge in [-0.3, -0.25) is 4.79 Å². The van der Waals surface area contributed by atoms with Crippen molar-refractivity contribution in [1.82, 2.24) is 9.47 Å². The molecule has 1 amide bonds. The van der Waals surface area contributed by atoms with E-state index in [4.69, 9.17) is 11.6 Å². The number of aromatic nitrogens is 1. The van der Waals surface area contributed by atoms with E-state index >= 15 is 0 Å². The van der Waals surface area contributed by atoms with Crippen LogP contribution in [0.3, 0.4) is 0 Å². The monoisotopic (exact) mass is 462 g/mol. The molecule has 0 atom stereocenters. The number of halogens is 3. The minimum absolute atomic E-state index is 0.113. The maximum atomic E-state index is 14.8. The summed E-state index contributed by atoms with van der Waals surface area (Å²) in [5.74, 6) is -1.47. The number of carbonyl (C=O) groups excluding carboxylic acids is 1. The van der Waals surface area contributed by atoms with Gasteiger partial charge in [0.2, 0.25) is 0 Å². The summed E-state index contributed by atoms with van der Waals surface area (Å²) in [7, 11) is 0. The highest BCUT2D eigenvalue weighted by Gasteiger charge is 2.27. The van der Waals surface area contributed by atoms with Gasteiger partial charge in [0.1, 0.15) is 11.6 Å². The van der Waals surface area contributed by atoms with Crippen LogP contribution in [-0.2, 0) is 13.0 Å². The summed E-state index contributed by atoms with van der Waals surface area (Å²) < 4.78 is 30.1. The molecule has 0 aliphatic carbocycles. The molecule has 1 aliphatic rings. The predicted octanol–water partition coefficient (Wildman–Crippen LogP) is 6.58. The molecule has 33 heavy (non-hydrogen) atoms. The number of fused-ring (bicyclic) bond motifs is 1. The van der Waals surface area contributed by atoms with Crippen LogP contribution in [0, 0.1) is 18.6 Å². The molecule has 2 heterocycles. The summed E-state index contributed by atoms with van der Waals surface area (Å²) in [4.78, 5) is 15.4. The fourth-order valence-electron chi connectivity index (χ4n) is 4.47. The van der Waals surface area contributed by atoms with E-state index in [1.165, 1.54) is 17.7 Å². The number of rotatable bonds is 3. The Kier molecular flexibility index (Phi) is 5.51. The highest BCUT2D eigenvalue weighted by atomic mass is 35.5. The zero-order valence-corrected chi connectivity index (χ0v) is 18.7. The van der Waals surface area contributed by atoms with Gasteiger partial charge in [-0.15, -0.1) is 0 Å². The molecule has 0 fully saturated rings. The summed E-state index contributed by atoms with van der Waals surface area (Å²) >= 11 is 6.06. The molecule has 5 rings (SSSR count). The topological polar surface area (TPSA) is 25.2 Å². The lowest BCUT2D eigenvalue weighted by Gasteiger charge is -2.29. The average Bonchev–Trinajstić information content (AvgIpc) is 3.15. The van der Waals surface area contributed by atoms with Gasteiger partial charge in [0.05, 0.1) is 16.9 Å². The van der Waals surface area contributed by atoms with E-state index in [1.807, 2.05) is 35.2 Å². The van der Waals surface area contributed by atoms with Gasteiger partial charge in [-0.1, -0.05) is 48.0 Å². The molecule has 1 aromatic heterocycles. The summed E-state index contributed by atoms with van der Waals surface area (Å²) in [5, 5.41) is 0.574. The van der Waals surface area contributed by atoms with Crippen molar-refractivity contribution in [2.75, 3.05) is 6.54 Å². The van der Waals surface area contributed by atoms with E-state index in [-0.39, 0.29) is 11.6 Å². The van der Waals surface area contributed by atoms with E-state index in [1.54, 1.807) is 29.7 Å². The number of hydrogen-bond acceptors (Lipinski definition) is 1. The zero-order chi connectivity index (χ0) is 23.1. The third kappa shape index (κ3) is 3.93. The smallest absolute Gasteiger partial charge is 0.256 e. The number of nitrogens with zero attached hydrogens (tertiary/aromatic N) is 2. The van der Waals surface area contributed by atoms with Crippen LogP contribution in [0.5, 0.6) is 0 Å². The number of hydrogen-bond donors (Lipinski definition) is 0. The second kappa shape index (κ2) is 8.49. The Bertz CT molecular complexity index is 1360. The average molecular weight is 463 g/mol. The molecule has 1 aliphatic heterocycles. The lowest BCUT2D eigenvalue weighted by atomic mass is 9.99. The van der Waals surface area contributed by atoms with Crippen LogP contribution >= 0.6 is 11.6 Å². The van der Waals surface area contributed by atoms with Gasteiger partial charge < -0.3 is 9.47 Å². The molecular weight excluding hydrogens is 442 g/mol. The molecular formula is C27H21ClF2N2O. The molecule has 3 nitrogen and oxygen atoms in total. The Hall–Kier alpha value is -3.44. The Balaban J connectivity index is 1.61. The first-order valence-electron chi connectivity index (χ1n) is 10.7. The minimum Gasteiger partial charge on any atom is -0.334 e. The molecule has 0 radical (unpaired) electrons. The van der Waals surface area contributed by atoms with Gasteiger partial charge in [-0.25, -0.2) is 8.78 Å². The summed E-state index contributed by atoms with van der Waals surface area (Å²) in [6.07, 6.45) is 0.790. The molecule has 0 bridgehead atoms. The van der Waals surface area contributed by atoms with Crippen molar-refractivity contribution in [1.29, 1.82) is 0 Å². The van der Waals surface area contributed by atoms with Crippen molar-refractivity contribution >= 4 is 17.5 Å². The van der Waals surface area contributed by atoms with Crippen LogP contribution < -0.4 is 0 Å². The fraction of sp³-hybridized carbons (Fsp3) is 0.148. The number of benzene rings is 3. The first-order valence-corrected chi connectivity index (χ1v) is 11.1. The third-order valence-electron chi connectivity index (χ3n) is 6.19. The molecule has 3 aromatic carbocycles. The normalized spacial score (nSPS) is 13.2. The quantitative estimate of drug-likeness (QED) is 0.337. The lowest BCUT2D eigenvalue weighted by molar-refractivity contribution is 0.0734. The van der Waals surface area contributed by atoms with Gasteiger partial charge >= 0.3 is 0 Å². The molecule has 0 N–H and O–H groups in total. The highest BCUT2D eigenvalue weighted by Crippen LogP contribution is 2.33. The maximum Gasteiger partial charge on any atom is 0.256 e. The molecule has 0 saturated heterocycles. The third-order valence-corrected chi connectivity index (χ3v) is 6.44. The molecule has 0 spiro atoms. The standard InChI is InChI=1S/C27H21ClF2N2O/c1-17-23(27(33)31-13-12-18-4-2-3-5-20(18)16-31)15-26(19-6-8-21(28)9-7-19)32(17)25-11-10-22(29)14-24(25)30/h2-11,14-15H,12-13,16H2,1H3. The van der Waals surface area contributed by atoms with Gasteiger partial charge in [-0.05, 0) is 60.4 Å². The predicted molar refractivity (Wildman–Crippen MR) is 126 cm³/mol. The molecule has 0 saturated carbocycles. The summed E-state index contributed by atoms with van der Waals surface area (Å²) in [6, 6.07) is 20.5. The minimum atomic E-state index is -0.699. The second-order valence-corrected chi connectivity index (χ2v) is 8.65. The Morgan fingerprint density at radius 2 is 1.67 bits per heavy atom. The SMILES string of the molecule is Cc1c(C(=O)N2CCc3ccccc3C2)cc(-c2ccc(Cl)cc2)n1-c1ccc(F)cc1F. The maximum absolute atomic E-state index is 14.8. The van der Waals surface area contributed by atoms with Crippen LogP contribution in [0.25, 0.3) is 16.9 Å². The second-order valence-electron chi connectivity index (χ2n) is 8.21. The van der Waals surface area contributed by atoms with E-state index in [0.717, 1.165) is 23.6 Å². The first-order chi connectivity index (χ1) is 15.9. The van der Waals surface area contributed by atoms with Crippen molar-refractivity contribution in [3.05, 3.63) is 112 Å². The first kappa shape index (κ1) is 21.4. The van der Waals surface area contributed by atoms with Crippen LogP contribution in [0.1, 0.15) is 27.2 Å². The van der Waals surface area contributed by atoms with Crippen molar-refractivity contribution in [2.45, 2.75) is 19.9 Å². The van der Waals surface area contributed by atoms with Crippen LogP contribution in [-0.4, -0.2) is 21.9 Å². The van der Waals surface area contributed by atoms with E-state index in [2.05, 4.69) is 6.07 Å². The number of amides is 1. The van der Waals surface area contributed by atoms with Crippen LogP contribution in [0.15, 0.2) is 72.8 Å². The van der Waals surface area contributed by atoms with E-state index in [9.17, 15) is 13.6 Å². The zero-order valence-electron chi connectivity index (χ0n) is 18.0. The molecule has 4 aromatic rings. The lowest BCUT2D eigenvalue weighted by Crippen LogP contribution is -2.36. The molecule has 0 unspecified atom stereocenters. The van der Waals surface area contributed by atoms with Gasteiger partial charge in [0.15, 0.2) is 0 Å². The van der Waals surface area contributed by atoms with Gasteiger partial charge in [0.25, 0.3) is 5.91 Å². The number of carbonyl (C=O) groups is 1. The fourth-order valence-corrected chi connectivity index (χ4v) is 4.59. The van der Waals surface area contributed by atoms with Gasteiger partial charge in [-0.2, -0.15) is 0 Å². The van der Waals surface area contributed by atoms with Crippen molar-refractivity contribution in [2.24, 2.45) is 0 Å². The van der Waals surface area contributed by atoms with Crippen LogP contribution in [0.4, 0.5) is 8.78 Å². The highest BCUT2D eigenvalue weighted by molar-refractivity contribution is 6.30. The summed E-state index contributed by atoms with van der Waals surface area (Å²) in [5.41, 5.74) is 5.06.